The summed E-state index contributed by atoms with van der Waals surface area (Å²) >= 11 is 0. The zero-order valence-corrected chi connectivity index (χ0v) is 14.9. The Bertz CT molecular complexity index is 951. The summed E-state index contributed by atoms with van der Waals surface area (Å²) < 4.78 is 40.6. The number of carbonyl (C=O) groups excluding carboxylic acids is 1. The number of benzene rings is 1. The van der Waals surface area contributed by atoms with Crippen LogP contribution in [0.25, 0.3) is 5.57 Å². The second-order valence-corrected chi connectivity index (χ2v) is 6.13. The molecule has 1 aliphatic rings. The first-order valence-electron chi connectivity index (χ1n) is 8.38. The third-order valence-electron chi connectivity index (χ3n) is 4.13. The van der Waals surface area contributed by atoms with Crippen LogP contribution in [0.5, 0.6) is 5.75 Å². The monoisotopic (exact) mass is 390 g/mol. The van der Waals surface area contributed by atoms with E-state index in [9.17, 15) is 18.0 Å². The SMILES string of the molecule is Cc1c(Nc2ccc(OC(F)(F)F)cc2)ncnc1C1=CC(C(N)=O)=CCC1. The number of halogens is 3. The Balaban J connectivity index is 1.82. The Morgan fingerprint density at radius 2 is 1.93 bits per heavy atom. The number of carbonyl (C=O) groups is 1. The molecule has 1 aliphatic carbocycles. The molecule has 0 fully saturated rings. The molecule has 1 amide bonds. The number of nitrogens with two attached hydrogens (primary N) is 1. The van der Waals surface area contributed by atoms with E-state index in [1.807, 2.05) is 6.92 Å². The minimum atomic E-state index is -4.74. The minimum absolute atomic E-state index is 0.309. The Morgan fingerprint density at radius 3 is 2.57 bits per heavy atom. The van der Waals surface area contributed by atoms with Crippen molar-refractivity contribution in [1.82, 2.24) is 9.97 Å². The molecule has 1 aromatic heterocycles. The number of alkyl halides is 3. The zero-order chi connectivity index (χ0) is 20.3. The molecule has 0 radical (unpaired) electrons. The van der Waals surface area contributed by atoms with Crippen LogP contribution >= 0.6 is 0 Å². The number of aromatic nitrogens is 2. The van der Waals surface area contributed by atoms with Crippen LogP contribution < -0.4 is 15.8 Å². The lowest BCUT2D eigenvalue weighted by Gasteiger charge is -2.16. The Hall–Kier alpha value is -3.36. The van der Waals surface area contributed by atoms with E-state index in [-0.39, 0.29) is 5.75 Å². The third-order valence-corrected chi connectivity index (χ3v) is 4.13. The average Bonchev–Trinajstić information content (AvgIpc) is 2.64. The van der Waals surface area contributed by atoms with Gasteiger partial charge in [0.05, 0.1) is 5.69 Å². The van der Waals surface area contributed by atoms with E-state index in [2.05, 4.69) is 20.0 Å². The van der Waals surface area contributed by atoms with E-state index in [1.165, 1.54) is 30.6 Å². The summed E-state index contributed by atoms with van der Waals surface area (Å²) in [6.07, 6.45) is 1.53. The van der Waals surface area contributed by atoms with Gasteiger partial charge in [-0.15, -0.1) is 13.2 Å². The average molecular weight is 390 g/mol. The first kappa shape index (κ1) is 19.4. The zero-order valence-electron chi connectivity index (χ0n) is 14.9. The molecule has 3 rings (SSSR count). The smallest absolute Gasteiger partial charge is 0.406 e. The van der Waals surface area contributed by atoms with E-state index in [0.717, 1.165) is 11.1 Å². The van der Waals surface area contributed by atoms with Crippen molar-refractivity contribution in [3.05, 3.63) is 59.6 Å². The molecule has 0 unspecified atom stereocenters. The molecule has 3 N–H and O–H groups in total. The van der Waals surface area contributed by atoms with Crippen LogP contribution in [0.2, 0.25) is 0 Å². The maximum Gasteiger partial charge on any atom is 0.573 e. The van der Waals surface area contributed by atoms with Gasteiger partial charge in [0.1, 0.15) is 17.9 Å². The van der Waals surface area contributed by atoms with E-state index in [4.69, 9.17) is 5.73 Å². The van der Waals surface area contributed by atoms with Crippen LogP contribution in [0.4, 0.5) is 24.7 Å². The lowest BCUT2D eigenvalue weighted by Crippen LogP contribution is -2.17. The van der Waals surface area contributed by atoms with Gasteiger partial charge in [-0.3, -0.25) is 4.79 Å². The van der Waals surface area contributed by atoms with E-state index >= 15 is 0 Å². The van der Waals surface area contributed by atoms with Gasteiger partial charge in [-0.05, 0) is 55.7 Å². The van der Waals surface area contributed by atoms with Gasteiger partial charge in [-0.1, -0.05) is 6.08 Å². The van der Waals surface area contributed by atoms with Gasteiger partial charge >= 0.3 is 6.36 Å². The van der Waals surface area contributed by atoms with Gasteiger partial charge in [0.15, 0.2) is 0 Å². The standard InChI is InChI=1S/C19H17F3N4O2/c1-11-16(12-3-2-4-13(9-12)17(23)27)24-10-25-18(11)26-14-5-7-15(8-6-14)28-19(20,21)22/h4-10H,2-3H2,1H3,(H2,23,27)(H,24,25,26). The number of ether oxygens (including phenoxy) is 1. The lowest BCUT2D eigenvalue weighted by atomic mass is 9.94. The van der Waals surface area contributed by atoms with Crippen molar-refractivity contribution in [2.75, 3.05) is 5.32 Å². The number of nitrogens with one attached hydrogen (secondary N) is 1. The van der Waals surface area contributed by atoms with Crippen LogP contribution in [0.1, 0.15) is 24.1 Å². The van der Waals surface area contributed by atoms with Crippen molar-refractivity contribution in [2.45, 2.75) is 26.1 Å². The fourth-order valence-electron chi connectivity index (χ4n) is 2.84. The molecule has 0 atom stereocenters. The second kappa shape index (κ2) is 7.71. The summed E-state index contributed by atoms with van der Waals surface area (Å²) in [5.74, 6) is -0.301. The summed E-state index contributed by atoms with van der Waals surface area (Å²) in [6, 6.07) is 5.33. The second-order valence-electron chi connectivity index (χ2n) is 6.13. The van der Waals surface area contributed by atoms with Crippen molar-refractivity contribution in [3.8, 4) is 5.75 Å². The third kappa shape index (κ3) is 4.67. The van der Waals surface area contributed by atoms with Gasteiger partial charge in [0, 0.05) is 16.8 Å². The van der Waals surface area contributed by atoms with Crippen molar-refractivity contribution in [2.24, 2.45) is 5.73 Å². The molecule has 1 heterocycles. The molecular formula is C19H17F3N4O2. The topological polar surface area (TPSA) is 90.1 Å². The van der Waals surface area contributed by atoms with E-state index < -0.39 is 12.3 Å². The summed E-state index contributed by atoms with van der Waals surface area (Å²) in [5, 5.41) is 3.05. The van der Waals surface area contributed by atoms with Gasteiger partial charge in [-0.25, -0.2) is 9.97 Å². The van der Waals surface area contributed by atoms with Crippen molar-refractivity contribution in [1.29, 1.82) is 0 Å². The molecule has 1 aromatic carbocycles. The molecule has 6 nitrogen and oxygen atoms in total. The van der Waals surface area contributed by atoms with Gasteiger partial charge in [-0.2, -0.15) is 0 Å². The number of amides is 1. The fourth-order valence-corrected chi connectivity index (χ4v) is 2.84. The number of anilines is 2. The number of primary amides is 1. The van der Waals surface area contributed by atoms with Crippen molar-refractivity contribution in [3.63, 3.8) is 0 Å². The molecule has 0 aliphatic heterocycles. The highest BCUT2D eigenvalue weighted by molar-refractivity contribution is 5.97. The maximum absolute atomic E-state index is 12.2. The lowest BCUT2D eigenvalue weighted by molar-refractivity contribution is -0.274. The first-order chi connectivity index (χ1) is 13.2. The highest BCUT2D eigenvalue weighted by Gasteiger charge is 2.31. The first-order valence-corrected chi connectivity index (χ1v) is 8.38. The Morgan fingerprint density at radius 1 is 1.21 bits per heavy atom. The van der Waals surface area contributed by atoms with Crippen LogP contribution in [-0.4, -0.2) is 22.2 Å². The highest BCUT2D eigenvalue weighted by atomic mass is 19.4. The summed E-state index contributed by atoms with van der Waals surface area (Å²) in [7, 11) is 0. The normalized spacial score (nSPS) is 14.1. The Labute approximate surface area is 158 Å². The van der Waals surface area contributed by atoms with Crippen LogP contribution in [-0.2, 0) is 4.79 Å². The van der Waals surface area contributed by atoms with Gasteiger partial charge < -0.3 is 15.8 Å². The fraction of sp³-hybridized carbons (Fsp3) is 0.211. The largest absolute Gasteiger partial charge is 0.573 e. The molecular weight excluding hydrogens is 373 g/mol. The molecule has 2 aromatic rings. The number of nitrogens with zero attached hydrogens (tertiary/aromatic N) is 2. The molecule has 0 saturated heterocycles. The van der Waals surface area contributed by atoms with Gasteiger partial charge in [0.2, 0.25) is 5.91 Å². The number of hydrogen-bond acceptors (Lipinski definition) is 5. The quantitative estimate of drug-likeness (QED) is 0.805. The van der Waals surface area contributed by atoms with E-state index in [1.54, 1.807) is 12.2 Å². The highest BCUT2D eigenvalue weighted by Crippen LogP contribution is 2.31. The maximum atomic E-state index is 12.2. The summed E-state index contributed by atoms with van der Waals surface area (Å²) in [5.41, 5.74) is 8.62. The predicted octanol–water partition coefficient (Wildman–Crippen LogP) is 4.02. The summed E-state index contributed by atoms with van der Waals surface area (Å²) in [6.45, 7) is 1.82. The molecule has 0 spiro atoms. The molecule has 146 valence electrons. The van der Waals surface area contributed by atoms with Crippen LogP contribution in [0, 0.1) is 6.92 Å². The number of allylic oxidation sites excluding steroid dienone is 2. The van der Waals surface area contributed by atoms with E-state index in [0.29, 0.717) is 35.6 Å². The molecule has 0 saturated carbocycles. The van der Waals surface area contributed by atoms with Crippen LogP contribution in [0.15, 0.2) is 48.3 Å². The minimum Gasteiger partial charge on any atom is -0.406 e. The van der Waals surface area contributed by atoms with Crippen molar-refractivity contribution < 1.29 is 22.7 Å². The molecule has 28 heavy (non-hydrogen) atoms. The summed E-state index contributed by atoms with van der Waals surface area (Å²) in [4.78, 5) is 19.9. The molecule has 0 bridgehead atoms. The predicted molar refractivity (Wildman–Crippen MR) is 97.7 cm³/mol. The number of hydrogen-bond donors (Lipinski definition) is 2. The molecule has 9 heteroatoms. The Kier molecular flexibility index (Phi) is 5.34. The van der Waals surface area contributed by atoms with Crippen LogP contribution in [0.3, 0.4) is 0 Å². The van der Waals surface area contributed by atoms with Crippen molar-refractivity contribution >= 4 is 23.0 Å². The number of rotatable bonds is 5. The van der Waals surface area contributed by atoms with Gasteiger partial charge in [0.25, 0.3) is 0 Å².